The molecule has 70 valence electrons. The second-order valence-corrected chi connectivity index (χ2v) is 3.38. The van der Waals surface area contributed by atoms with Crippen molar-refractivity contribution < 1.29 is 9.90 Å². The number of rotatable bonds is 2. The van der Waals surface area contributed by atoms with Gasteiger partial charge in [0, 0.05) is 0 Å². The van der Waals surface area contributed by atoms with Crippen molar-refractivity contribution in [2.45, 2.75) is 32.1 Å². The van der Waals surface area contributed by atoms with Gasteiger partial charge in [-0.05, 0) is 18.8 Å². The third-order valence-electron chi connectivity index (χ3n) is 2.39. The van der Waals surface area contributed by atoms with Crippen LogP contribution >= 0.6 is 0 Å². The number of hydrogen-bond acceptors (Lipinski definition) is 3. The van der Waals surface area contributed by atoms with Crippen LogP contribution in [0.15, 0.2) is 11.6 Å². The Morgan fingerprint density at radius 1 is 1.38 bits per heavy atom. The molecule has 3 nitrogen and oxygen atoms in total. The zero-order valence-electron chi connectivity index (χ0n) is 7.45. The normalized spacial score (nSPS) is 19.5. The average Bonchev–Trinajstić information content (AvgIpc) is 2.15. The largest absolute Gasteiger partial charge is 0.544 e. The first-order valence-electron chi connectivity index (χ1n) is 4.57. The van der Waals surface area contributed by atoms with Crippen LogP contribution in [0.2, 0.25) is 0 Å². The molecule has 1 saturated carbocycles. The molecule has 1 rings (SSSR count). The zero-order valence-corrected chi connectivity index (χ0v) is 7.45. The van der Waals surface area contributed by atoms with Gasteiger partial charge in [0.05, 0.1) is 11.5 Å². The van der Waals surface area contributed by atoms with E-state index in [0.717, 1.165) is 25.7 Å². The third-order valence-corrected chi connectivity index (χ3v) is 2.39. The fraction of sp³-hybridized carbons (Fsp3) is 0.600. The number of carbonyl (C=O) groups excluding carboxylic acids is 1. The Morgan fingerprint density at radius 2 is 2.00 bits per heavy atom. The van der Waals surface area contributed by atoms with E-state index in [2.05, 4.69) is 0 Å². The highest BCUT2D eigenvalue weighted by molar-refractivity contribution is 5.89. The summed E-state index contributed by atoms with van der Waals surface area (Å²) in [5.74, 6) is -1.09. The molecule has 0 N–H and O–H groups in total. The molecule has 0 aromatic carbocycles. The van der Waals surface area contributed by atoms with Crippen molar-refractivity contribution in [3.05, 3.63) is 11.6 Å². The van der Waals surface area contributed by atoms with Gasteiger partial charge in [-0.2, -0.15) is 5.26 Å². The van der Waals surface area contributed by atoms with Gasteiger partial charge in [-0.1, -0.05) is 25.3 Å². The smallest absolute Gasteiger partial charge is 0.101 e. The molecule has 0 aromatic rings. The van der Waals surface area contributed by atoms with Crippen LogP contribution in [0.1, 0.15) is 32.1 Å². The number of nitrogens with zero attached hydrogens (tertiary/aromatic N) is 1. The van der Waals surface area contributed by atoms with Gasteiger partial charge in [-0.25, -0.2) is 0 Å². The van der Waals surface area contributed by atoms with Crippen LogP contribution in [0.25, 0.3) is 0 Å². The van der Waals surface area contributed by atoms with E-state index in [1.807, 2.05) is 0 Å². The highest BCUT2D eigenvalue weighted by Crippen LogP contribution is 2.25. The monoisotopic (exact) mass is 178 g/mol. The summed E-state index contributed by atoms with van der Waals surface area (Å²) in [4.78, 5) is 10.4. The molecule has 0 amide bonds. The van der Waals surface area contributed by atoms with E-state index in [-0.39, 0.29) is 11.5 Å². The minimum Gasteiger partial charge on any atom is -0.544 e. The van der Waals surface area contributed by atoms with Crippen LogP contribution in [-0.4, -0.2) is 5.97 Å². The van der Waals surface area contributed by atoms with Crippen molar-refractivity contribution in [3.8, 4) is 6.07 Å². The fourth-order valence-corrected chi connectivity index (χ4v) is 1.69. The predicted molar refractivity (Wildman–Crippen MR) is 45.3 cm³/mol. The van der Waals surface area contributed by atoms with Gasteiger partial charge >= 0.3 is 0 Å². The first-order chi connectivity index (χ1) is 6.24. The zero-order chi connectivity index (χ0) is 9.68. The molecule has 1 aliphatic carbocycles. The van der Waals surface area contributed by atoms with Gasteiger partial charge in [-0.3, -0.25) is 0 Å². The third kappa shape index (κ3) is 2.90. The molecule has 0 spiro atoms. The summed E-state index contributed by atoms with van der Waals surface area (Å²) in [6.07, 6.45) is 7.03. The summed E-state index contributed by atoms with van der Waals surface area (Å²) in [6.45, 7) is 0. The maximum Gasteiger partial charge on any atom is 0.101 e. The topological polar surface area (TPSA) is 63.9 Å². The Labute approximate surface area is 77.7 Å². The van der Waals surface area contributed by atoms with Gasteiger partial charge in [-0.15, -0.1) is 0 Å². The van der Waals surface area contributed by atoms with Crippen LogP contribution in [0, 0.1) is 17.2 Å². The van der Waals surface area contributed by atoms with E-state index in [9.17, 15) is 9.90 Å². The number of carboxylic acid groups (broad SMARTS) is 1. The van der Waals surface area contributed by atoms with Crippen molar-refractivity contribution in [2.75, 3.05) is 0 Å². The standard InChI is InChI=1S/C10H13NO2/c11-7-9(10(12)13)6-8-4-2-1-3-5-8/h6,8H,1-5H2,(H,12,13)/p-1/b9-6+. The Kier molecular flexibility index (Phi) is 3.51. The van der Waals surface area contributed by atoms with Gasteiger partial charge in [0.2, 0.25) is 0 Å². The summed E-state index contributed by atoms with van der Waals surface area (Å²) in [6, 6.07) is 1.65. The number of carboxylic acids is 1. The maximum absolute atomic E-state index is 10.4. The molecule has 0 aromatic heterocycles. The molecule has 0 bridgehead atoms. The number of hydrogen-bond donors (Lipinski definition) is 0. The van der Waals surface area contributed by atoms with Crippen molar-refractivity contribution in [2.24, 2.45) is 5.92 Å². The fourth-order valence-electron chi connectivity index (χ4n) is 1.69. The molecule has 0 aliphatic heterocycles. The Balaban J connectivity index is 2.61. The van der Waals surface area contributed by atoms with Crippen LogP contribution in [0.4, 0.5) is 0 Å². The molecular formula is C10H12NO2-. The molecule has 13 heavy (non-hydrogen) atoms. The van der Waals surface area contributed by atoms with E-state index < -0.39 is 5.97 Å². The van der Waals surface area contributed by atoms with Crippen molar-refractivity contribution in [1.29, 1.82) is 5.26 Å². The summed E-state index contributed by atoms with van der Waals surface area (Å²) in [7, 11) is 0. The lowest BCUT2D eigenvalue weighted by Crippen LogP contribution is -2.24. The van der Waals surface area contributed by atoms with Gasteiger partial charge < -0.3 is 9.90 Å². The lowest BCUT2D eigenvalue weighted by molar-refractivity contribution is -0.298. The molecular weight excluding hydrogens is 166 g/mol. The minimum absolute atomic E-state index is 0.216. The van der Waals surface area contributed by atoms with Gasteiger partial charge in [0.25, 0.3) is 0 Å². The van der Waals surface area contributed by atoms with E-state index in [1.165, 1.54) is 6.42 Å². The van der Waals surface area contributed by atoms with Crippen LogP contribution in [0.3, 0.4) is 0 Å². The summed E-state index contributed by atoms with van der Waals surface area (Å²) >= 11 is 0. The summed E-state index contributed by atoms with van der Waals surface area (Å²) < 4.78 is 0. The van der Waals surface area contributed by atoms with E-state index in [1.54, 1.807) is 12.1 Å². The van der Waals surface area contributed by atoms with Gasteiger partial charge in [0.15, 0.2) is 0 Å². The number of allylic oxidation sites excluding steroid dienone is 1. The quantitative estimate of drug-likeness (QED) is 0.463. The van der Waals surface area contributed by atoms with Crippen molar-refractivity contribution >= 4 is 5.97 Å². The lowest BCUT2D eigenvalue weighted by Gasteiger charge is -2.18. The first-order valence-corrected chi connectivity index (χ1v) is 4.57. The van der Waals surface area contributed by atoms with E-state index in [4.69, 9.17) is 5.26 Å². The molecule has 1 fully saturated rings. The highest BCUT2D eigenvalue weighted by Gasteiger charge is 2.11. The van der Waals surface area contributed by atoms with Crippen LogP contribution in [0.5, 0.6) is 0 Å². The second kappa shape index (κ2) is 4.66. The van der Waals surface area contributed by atoms with Crippen molar-refractivity contribution in [1.82, 2.24) is 0 Å². The van der Waals surface area contributed by atoms with E-state index in [0.29, 0.717) is 0 Å². The molecule has 0 saturated heterocycles. The maximum atomic E-state index is 10.4. The first kappa shape index (κ1) is 9.79. The molecule has 0 atom stereocenters. The number of carbonyl (C=O) groups is 1. The lowest BCUT2D eigenvalue weighted by atomic mass is 9.88. The Bertz CT molecular complexity index is 257. The van der Waals surface area contributed by atoms with E-state index >= 15 is 0 Å². The average molecular weight is 178 g/mol. The minimum atomic E-state index is -1.35. The van der Waals surface area contributed by atoms with Crippen LogP contribution in [-0.2, 0) is 4.79 Å². The summed E-state index contributed by atoms with van der Waals surface area (Å²) in [5, 5.41) is 18.9. The highest BCUT2D eigenvalue weighted by atomic mass is 16.4. The second-order valence-electron chi connectivity index (χ2n) is 3.38. The molecule has 1 aliphatic rings. The molecule has 0 heterocycles. The Hall–Kier alpha value is -1.30. The van der Waals surface area contributed by atoms with Gasteiger partial charge in [0.1, 0.15) is 6.07 Å². The van der Waals surface area contributed by atoms with Crippen molar-refractivity contribution in [3.63, 3.8) is 0 Å². The SMILES string of the molecule is N#C/C(=C\C1CCCCC1)C(=O)[O-]. The molecule has 0 radical (unpaired) electrons. The summed E-state index contributed by atoms with van der Waals surface area (Å²) in [5.41, 5.74) is -0.216. The number of nitriles is 1. The van der Waals surface area contributed by atoms with Crippen LogP contribution < -0.4 is 5.11 Å². The molecule has 0 unspecified atom stereocenters. The predicted octanol–water partition coefficient (Wildman–Crippen LogP) is 0.767. The number of aliphatic carboxylic acids is 1. The molecule has 3 heteroatoms. The Morgan fingerprint density at radius 3 is 2.46 bits per heavy atom.